The molecule has 2 aromatic rings. The lowest BCUT2D eigenvalue weighted by Gasteiger charge is -1.97. The Balaban J connectivity index is 1.95. The Morgan fingerprint density at radius 1 is 1.36 bits per heavy atom. The number of nitrogens with zero attached hydrogens (tertiary/aromatic N) is 1. The molecule has 1 N–H and O–H groups in total. The van der Waals surface area contributed by atoms with Gasteiger partial charge in [-0.3, -0.25) is 4.79 Å². The van der Waals surface area contributed by atoms with Gasteiger partial charge in [-0.2, -0.15) is 5.10 Å². The van der Waals surface area contributed by atoms with E-state index in [0.717, 1.165) is 28.5 Å². The van der Waals surface area contributed by atoms with E-state index >= 15 is 0 Å². The quantitative estimate of drug-likeness (QED) is 0.402. The Bertz CT molecular complexity index is 679. The SMILES string of the molecule is CCCCCCC=NNC(=O)c1sc2cc(C)ccc2c1Cl. The predicted molar refractivity (Wildman–Crippen MR) is 96.3 cm³/mol. The first-order valence-electron chi connectivity index (χ1n) is 7.64. The van der Waals surface area contributed by atoms with Gasteiger partial charge in [0.1, 0.15) is 4.88 Å². The van der Waals surface area contributed by atoms with E-state index < -0.39 is 0 Å². The number of aryl methyl sites for hydroxylation is 1. The van der Waals surface area contributed by atoms with Crippen LogP contribution < -0.4 is 5.43 Å². The van der Waals surface area contributed by atoms with E-state index in [0.29, 0.717) is 9.90 Å². The molecule has 0 saturated heterocycles. The maximum atomic E-state index is 12.2. The lowest BCUT2D eigenvalue weighted by Crippen LogP contribution is -2.16. The van der Waals surface area contributed by atoms with E-state index in [2.05, 4.69) is 17.5 Å². The van der Waals surface area contributed by atoms with Crippen LogP contribution in [-0.2, 0) is 0 Å². The molecule has 3 nitrogen and oxygen atoms in total. The number of carbonyl (C=O) groups is 1. The summed E-state index contributed by atoms with van der Waals surface area (Å²) in [6.07, 6.45) is 7.43. The van der Waals surface area contributed by atoms with E-state index in [1.54, 1.807) is 6.21 Å². The molecule has 0 bridgehead atoms. The van der Waals surface area contributed by atoms with Crippen molar-refractivity contribution in [2.75, 3.05) is 0 Å². The number of halogens is 1. The zero-order chi connectivity index (χ0) is 15.9. The molecule has 0 aliphatic heterocycles. The van der Waals surface area contributed by atoms with Gasteiger partial charge in [-0.25, -0.2) is 5.43 Å². The van der Waals surface area contributed by atoms with Crippen LogP contribution in [0.15, 0.2) is 23.3 Å². The molecule has 0 unspecified atom stereocenters. The molecule has 22 heavy (non-hydrogen) atoms. The molecule has 5 heteroatoms. The van der Waals surface area contributed by atoms with Crippen LogP contribution in [0.2, 0.25) is 5.02 Å². The second kappa shape index (κ2) is 8.30. The van der Waals surface area contributed by atoms with Gasteiger partial charge < -0.3 is 0 Å². The molecule has 0 fully saturated rings. The number of hydrazone groups is 1. The Hall–Kier alpha value is -1.39. The standard InChI is InChI=1S/C17H21ClN2OS/c1-3-4-5-6-7-10-19-20-17(21)16-15(18)13-9-8-12(2)11-14(13)22-16/h8-11H,3-7H2,1-2H3,(H,20,21). The average Bonchev–Trinajstić information content (AvgIpc) is 2.82. The first-order chi connectivity index (χ1) is 10.6. The van der Waals surface area contributed by atoms with Gasteiger partial charge in [0.15, 0.2) is 0 Å². The third-order valence-electron chi connectivity index (χ3n) is 3.44. The molecule has 1 aromatic heterocycles. The normalized spacial score (nSPS) is 11.4. The summed E-state index contributed by atoms with van der Waals surface area (Å²) in [5.74, 6) is -0.242. The molecular formula is C17H21ClN2OS. The van der Waals surface area contributed by atoms with Crippen LogP contribution in [0, 0.1) is 6.92 Å². The van der Waals surface area contributed by atoms with Gasteiger partial charge in [0.05, 0.1) is 5.02 Å². The number of rotatable bonds is 7. The van der Waals surface area contributed by atoms with Gasteiger partial charge in [0.2, 0.25) is 0 Å². The fraction of sp³-hybridized carbons (Fsp3) is 0.412. The highest BCUT2D eigenvalue weighted by Crippen LogP contribution is 2.35. The fourth-order valence-corrected chi connectivity index (χ4v) is 3.71. The summed E-state index contributed by atoms with van der Waals surface area (Å²) in [7, 11) is 0. The van der Waals surface area contributed by atoms with Crippen molar-refractivity contribution in [1.82, 2.24) is 5.43 Å². The van der Waals surface area contributed by atoms with Crippen molar-refractivity contribution in [3.8, 4) is 0 Å². The number of carbonyl (C=O) groups excluding carboxylic acids is 1. The van der Waals surface area contributed by atoms with Crippen molar-refractivity contribution in [1.29, 1.82) is 0 Å². The van der Waals surface area contributed by atoms with Crippen molar-refractivity contribution < 1.29 is 4.79 Å². The summed E-state index contributed by atoms with van der Waals surface area (Å²) in [5, 5.41) is 5.43. The molecule has 0 spiro atoms. The van der Waals surface area contributed by atoms with Crippen LogP contribution >= 0.6 is 22.9 Å². The van der Waals surface area contributed by atoms with E-state index in [9.17, 15) is 4.79 Å². The summed E-state index contributed by atoms with van der Waals surface area (Å²) >= 11 is 7.70. The van der Waals surface area contributed by atoms with Gasteiger partial charge >= 0.3 is 0 Å². The first kappa shape index (κ1) is 17.0. The highest BCUT2D eigenvalue weighted by Gasteiger charge is 2.16. The zero-order valence-corrected chi connectivity index (χ0v) is 14.6. The molecular weight excluding hydrogens is 316 g/mol. The van der Waals surface area contributed by atoms with Crippen LogP contribution in [0.25, 0.3) is 10.1 Å². The Labute approximate surface area is 140 Å². The van der Waals surface area contributed by atoms with Gasteiger partial charge in [0, 0.05) is 16.3 Å². The Kier molecular flexibility index (Phi) is 6.40. The number of nitrogens with one attached hydrogen (secondary N) is 1. The van der Waals surface area contributed by atoms with Gasteiger partial charge in [-0.1, -0.05) is 49.9 Å². The number of benzene rings is 1. The maximum absolute atomic E-state index is 12.2. The third kappa shape index (κ3) is 4.31. The monoisotopic (exact) mass is 336 g/mol. The van der Waals surface area contributed by atoms with Gasteiger partial charge in [-0.15, -0.1) is 11.3 Å². The molecule has 0 aliphatic rings. The molecule has 1 amide bonds. The number of fused-ring (bicyclic) bond motifs is 1. The Morgan fingerprint density at radius 3 is 2.95 bits per heavy atom. The minimum atomic E-state index is -0.242. The van der Waals surface area contributed by atoms with Crippen LogP contribution in [-0.4, -0.2) is 12.1 Å². The third-order valence-corrected chi connectivity index (χ3v) is 5.09. The molecule has 1 aromatic carbocycles. The molecule has 0 atom stereocenters. The van der Waals surface area contributed by atoms with Crippen molar-refractivity contribution >= 4 is 45.1 Å². The molecule has 1 heterocycles. The molecule has 118 valence electrons. The highest BCUT2D eigenvalue weighted by atomic mass is 35.5. The second-order valence-electron chi connectivity index (χ2n) is 5.35. The molecule has 0 radical (unpaired) electrons. The predicted octanol–water partition coefficient (Wildman–Crippen LogP) is 5.55. The summed E-state index contributed by atoms with van der Waals surface area (Å²) in [5.41, 5.74) is 3.72. The lowest BCUT2D eigenvalue weighted by atomic mass is 10.2. The van der Waals surface area contributed by atoms with Crippen molar-refractivity contribution in [2.45, 2.75) is 46.0 Å². The van der Waals surface area contributed by atoms with E-state index in [-0.39, 0.29) is 5.91 Å². The summed E-state index contributed by atoms with van der Waals surface area (Å²) in [6.45, 7) is 4.21. The zero-order valence-electron chi connectivity index (χ0n) is 13.0. The number of hydrogen-bond donors (Lipinski definition) is 1. The molecule has 0 aliphatic carbocycles. The highest BCUT2D eigenvalue weighted by molar-refractivity contribution is 7.21. The number of thiophene rings is 1. The minimum Gasteiger partial charge on any atom is -0.266 e. The average molecular weight is 337 g/mol. The van der Waals surface area contributed by atoms with Crippen LogP contribution in [0.5, 0.6) is 0 Å². The van der Waals surface area contributed by atoms with Gasteiger partial charge in [-0.05, 0) is 31.4 Å². The summed E-state index contributed by atoms with van der Waals surface area (Å²) in [6, 6.07) is 5.99. The molecule has 2 rings (SSSR count). The maximum Gasteiger partial charge on any atom is 0.282 e. The van der Waals surface area contributed by atoms with E-state index in [4.69, 9.17) is 11.6 Å². The number of hydrogen-bond acceptors (Lipinski definition) is 3. The topological polar surface area (TPSA) is 41.5 Å². The van der Waals surface area contributed by atoms with E-state index in [1.807, 2.05) is 25.1 Å². The largest absolute Gasteiger partial charge is 0.282 e. The first-order valence-corrected chi connectivity index (χ1v) is 8.83. The van der Waals surface area contributed by atoms with Crippen molar-refractivity contribution in [3.05, 3.63) is 33.7 Å². The fourth-order valence-electron chi connectivity index (χ4n) is 2.20. The van der Waals surface area contributed by atoms with Crippen molar-refractivity contribution in [2.24, 2.45) is 5.10 Å². The number of unbranched alkanes of at least 4 members (excludes halogenated alkanes) is 4. The van der Waals surface area contributed by atoms with Crippen LogP contribution in [0.4, 0.5) is 0 Å². The van der Waals surface area contributed by atoms with E-state index in [1.165, 1.54) is 30.6 Å². The molecule has 0 saturated carbocycles. The summed E-state index contributed by atoms with van der Waals surface area (Å²) < 4.78 is 1.03. The smallest absolute Gasteiger partial charge is 0.266 e. The van der Waals surface area contributed by atoms with Gasteiger partial charge in [0.25, 0.3) is 5.91 Å². The van der Waals surface area contributed by atoms with Crippen LogP contribution in [0.1, 0.15) is 54.3 Å². The summed E-state index contributed by atoms with van der Waals surface area (Å²) in [4.78, 5) is 12.7. The minimum absolute atomic E-state index is 0.242. The van der Waals surface area contributed by atoms with Crippen LogP contribution in [0.3, 0.4) is 0 Å². The second-order valence-corrected chi connectivity index (χ2v) is 6.78. The Morgan fingerprint density at radius 2 is 2.18 bits per heavy atom. The van der Waals surface area contributed by atoms with Crippen molar-refractivity contribution in [3.63, 3.8) is 0 Å². The number of amides is 1. The lowest BCUT2D eigenvalue weighted by molar-refractivity contribution is 0.0959.